The molecule has 1 aliphatic rings. The summed E-state index contributed by atoms with van der Waals surface area (Å²) in [6.07, 6.45) is 4.16. The third-order valence-corrected chi connectivity index (χ3v) is 5.16. The van der Waals surface area contributed by atoms with E-state index in [1.807, 2.05) is 0 Å². The van der Waals surface area contributed by atoms with Gasteiger partial charge in [0.1, 0.15) is 0 Å². The number of rotatable bonds is 7. The van der Waals surface area contributed by atoms with Crippen molar-refractivity contribution in [1.29, 1.82) is 0 Å². The highest BCUT2D eigenvalue weighted by molar-refractivity contribution is 6.31. The highest BCUT2D eigenvalue weighted by Gasteiger charge is 2.20. The minimum atomic E-state index is -0.555. The van der Waals surface area contributed by atoms with E-state index in [4.69, 9.17) is 16.3 Å². The predicted molar refractivity (Wildman–Crippen MR) is 111 cm³/mol. The van der Waals surface area contributed by atoms with Crippen LogP contribution in [-0.4, -0.2) is 30.4 Å². The van der Waals surface area contributed by atoms with Crippen molar-refractivity contribution >= 4 is 35.1 Å². The van der Waals surface area contributed by atoms with Gasteiger partial charge < -0.3 is 15.4 Å². The maximum absolute atomic E-state index is 12.5. The van der Waals surface area contributed by atoms with E-state index < -0.39 is 18.5 Å². The minimum Gasteiger partial charge on any atom is -0.455 e. The molecule has 0 radical (unpaired) electrons. The molecule has 1 fully saturated rings. The van der Waals surface area contributed by atoms with E-state index in [-0.39, 0.29) is 18.4 Å². The van der Waals surface area contributed by atoms with Gasteiger partial charge in [-0.1, -0.05) is 54.8 Å². The average Bonchev–Trinajstić information content (AvgIpc) is 3.21. The van der Waals surface area contributed by atoms with Crippen molar-refractivity contribution in [3.05, 3.63) is 64.7 Å². The molecule has 0 heterocycles. The third-order valence-electron chi connectivity index (χ3n) is 4.79. The molecule has 1 saturated carbocycles. The maximum atomic E-state index is 12.5. The molecule has 29 heavy (non-hydrogen) atoms. The normalized spacial score (nSPS) is 13.7. The fourth-order valence-electron chi connectivity index (χ4n) is 3.30. The summed E-state index contributed by atoms with van der Waals surface area (Å²) in [6, 6.07) is 13.9. The zero-order valence-electron chi connectivity index (χ0n) is 15.9. The van der Waals surface area contributed by atoms with Gasteiger partial charge in [-0.25, -0.2) is 0 Å². The van der Waals surface area contributed by atoms with Gasteiger partial charge in [0.15, 0.2) is 6.61 Å². The van der Waals surface area contributed by atoms with E-state index in [1.165, 1.54) is 0 Å². The van der Waals surface area contributed by atoms with Crippen molar-refractivity contribution in [2.45, 2.75) is 38.1 Å². The molecule has 1 aliphatic carbocycles. The van der Waals surface area contributed by atoms with E-state index >= 15 is 0 Å². The zero-order chi connectivity index (χ0) is 20.6. The SMILES string of the molecule is O=C(COC(=O)Cc1ccccc1Cl)Nc1ccccc1C(=O)NC1CCCC1. The van der Waals surface area contributed by atoms with Gasteiger partial charge in [0, 0.05) is 11.1 Å². The van der Waals surface area contributed by atoms with Gasteiger partial charge in [0.2, 0.25) is 0 Å². The van der Waals surface area contributed by atoms with Gasteiger partial charge in [-0.3, -0.25) is 14.4 Å². The molecule has 0 aromatic heterocycles. The molecular formula is C22H23ClN2O4. The summed E-state index contributed by atoms with van der Waals surface area (Å²) < 4.78 is 5.03. The van der Waals surface area contributed by atoms with Gasteiger partial charge >= 0.3 is 5.97 Å². The Labute approximate surface area is 174 Å². The van der Waals surface area contributed by atoms with E-state index in [0.29, 0.717) is 21.8 Å². The summed E-state index contributed by atoms with van der Waals surface area (Å²) in [5.74, 6) is -1.29. The molecule has 6 nitrogen and oxygen atoms in total. The van der Waals surface area contributed by atoms with Gasteiger partial charge in [-0.2, -0.15) is 0 Å². The number of benzene rings is 2. The number of para-hydroxylation sites is 1. The summed E-state index contributed by atoms with van der Waals surface area (Å²) in [6.45, 7) is -0.443. The van der Waals surface area contributed by atoms with Crippen LogP contribution in [0.2, 0.25) is 5.02 Å². The fraction of sp³-hybridized carbons (Fsp3) is 0.318. The first-order chi connectivity index (χ1) is 14.0. The summed E-state index contributed by atoms with van der Waals surface area (Å²) in [5.41, 5.74) is 1.40. The van der Waals surface area contributed by atoms with Gasteiger partial charge in [-0.15, -0.1) is 0 Å². The number of amides is 2. The number of anilines is 1. The first-order valence-corrected chi connectivity index (χ1v) is 9.99. The standard InChI is InChI=1S/C22H23ClN2O4/c23-18-11-5-1-7-15(18)13-21(27)29-14-20(26)25-19-12-6-4-10-17(19)22(28)24-16-8-2-3-9-16/h1,4-7,10-12,16H,2-3,8-9,13-14H2,(H,24,28)(H,25,26). The third kappa shape index (κ3) is 6.06. The highest BCUT2D eigenvalue weighted by atomic mass is 35.5. The van der Waals surface area contributed by atoms with Crippen molar-refractivity contribution in [3.63, 3.8) is 0 Å². The Morgan fingerprint density at radius 1 is 1.00 bits per heavy atom. The quantitative estimate of drug-likeness (QED) is 0.676. The molecule has 0 atom stereocenters. The lowest BCUT2D eigenvalue weighted by molar-refractivity contribution is -0.146. The first-order valence-electron chi connectivity index (χ1n) is 9.61. The lowest BCUT2D eigenvalue weighted by Crippen LogP contribution is -2.33. The molecule has 0 spiro atoms. The molecule has 0 aliphatic heterocycles. The van der Waals surface area contributed by atoms with Crippen LogP contribution >= 0.6 is 11.6 Å². The van der Waals surface area contributed by atoms with E-state index in [9.17, 15) is 14.4 Å². The number of carbonyl (C=O) groups is 3. The molecule has 2 aromatic carbocycles. The van der Waals surface area contributed by atoms with Crippen LogP contribution in [0, 0.1) is 0 Å². The zero-order valence-corrected chi connectivity index (χ0v) is 16.7. The van der Waals surface area contributed by atoms with Crippen molar-refractivity contribution in [3.8, 4) is 0 Å². The van der Waals surface area contributed by atoms with E-state index in [0.717, 1.165) is 25.7 Å². The van der Waals surface area contributed by atoms with Crippen molar-refractivity contribution in [2.24, 2.45) is 0 Å². The van der Waals surface area contributed by atoms with Crippen LogP contribution in [0.5, 0.6) is 0 Å². The van der Waals surface area contributed by atoms with Crippen molar-refractivity contribution in [1.82, 2.24) is 5.32 Å². The molecule has 0 saturated heterocycles. The predicted octanol–water partition coefficient (Wildman–Crippen LogP) is 3.74. The highest BCUT2D eigenvalue weighted by Crippen LogP contribution is 2.20. The number of halogens is 1. The van der Waals surface area contributed by atoms with Crippen molar-refractivity contribution in [2.75, 3.05) is 11.9 Å². The van der Waals surface area contributed by atoms with Crippen LogP contribution < -0.4 is 10.6 Å². The molecular weight excluding hydrogens is 392 g/mol. The van der Waals surface area contributed by atoms with Crippen LogP contribution in [0.1, 0.15) is 41.6 Å². The summed E-state index contributed by atoms with van der Waals surface area (Å²) >= 11 is 6.02. The Hall–Kier alpha value is -2.86. The molecule has 2 N–H and O–H groups in total. The second-order valence-electron chi connectivity index (χ2n) is 6.98. The Kier molecular flexibility index (Phi) is 7.25. The van der Waals surface area contributed by atoms with Crippen LogP contribution in [0.25, 0.3) is 0 Å². The number of hydrogen-bond donors (Lipinski definition) is 2. The number of esters is 1. The van der Waals surface area contributed by atoms with Crippen LogP contribution in [0.3, 0.4) is 0 Å². The summed E-state index contributed by atoms with van der Waals surface area (Å²) in [5, 5.41) is 6.12. The Morgan fingerprint density at radius 2 is 1.69 bits per heavy atom. The van der Waals surface area contributed by atoms with E-state index in [1.54, 1.807) is 48.5 Å². The molecule has 0 unspecified atom stereocenters. The van der Waals surface area contributed by atoms with Gasteiger partial charge in [0.25, 0.3) is 11.8 Å². The molecule has 0 bridgehead atoms. The number of nitrogens with one attached hydrogen (secondary N) is 2. The Morgan fingerprint density at radius 3 is 2.45 bits per heavy atom. The molecule has 2 aromatic rings. The molecule has 152 valence electrons. The lowest BCUT2D eigenvalue weighted by Gasteiger charge is -2.15. The smallest absolute Gasteiger partial charge is 0.310 e. The molecule has 2 amide bonds. The summed E-state index contributed by atoms with van der Waals surface area (Å²) in [7, 11) is 0. The van der Waals surface area contributed by atoms with Crippen molar-refractivity contribution < 1.29 is 19.1 Å². The number of carbonyl (C=O) groups excluding carboxylic acids is 3. The largest absolute Gasteiger partial charge is 0.455 e. The monoisotopic (exact) mass is 414 g/mol. The minimum absolute atomic E-state index is 0.0205. The average molecular weight is 415 g/mol. The Balaban J connectivity index is 1.53. The second-order valence-corrected chi connectivity index (χ2v) is 7.38. The Bertz CT molecular complexity index is 894. The van der Waals surface area contributed by atoms with Gasteiger partial charge in [0.05, 0.1) is 17.7 Å². The van der Waals surface area contributed by atoms with Crippen LogP contribution in [0.15, 0.2) is 48.5 Å². The van der Waals surface area contributed by atoms with Gasteiger partial charge in [-0.05, 0) is 36.6 Å². The lowest BCUT2D eigenvalue weighted by atomic mass is 10.1. The second kappa shape index (κ2) is 10.1. The maximum Gasteiger partial charge on any atom is 0.310 e. The molecule has 7 heteroatoms. The summed E-state index contributed by atoms with van der Waals surface area (Å²) in [4.78, 5) is 36.7. The topological polar surface area (TPSA) is 84.5 Å². The van der Waals surface area contributed by atoms with Crippen LogP contribution in [0.4, 0.5) is 5.69 Å². The number of hydrogen-bond acceptors (Lipinski definition) is 4. The van der Waals surface area contributed by atoms with Crippen LogP contribution in [-0.2, 0) is 20.7 Å². The first kappa shape index (κ1) is 20.9. The number of ether oxygens (including phenoxy) is 1. The molecule has 3 rings (SSSR count). The van der Waals surface area contributed by atoms with E-state index in [2.05, 4.69) is 10.6 Å². The fourth-order valence-corrected chi connectivity index (χ4v) is 3.51.